The topological polar surface area (TPSA) is 149 Å². The fraction of sp³-hybridized carbons (Fsp3) is 0.100. The highest BCUT2D eigenvalue weighted by atomic mass is 19.1. The largest absolute Gasteiger partial charge is 0.478 e. The first-order valence-corrected chi connectivity index (χ1v) is 9.09. The summed E-state index contributed by atoms with van der Waals surface area (Å²) < 4.78 is 13.2. The number of rotatable bonds is 9. The Hall–Kier alpha value is -4.41. The van der Waals surface area contributed by atoms with Crippen molar-refractivity contribution in [3.8, 4) is 0 Å². The predicted octanol–water partition coefficient (Wildman–Crippen LogP) is 3.35. The molecule has 5 N–H and O–H groups in total. The van der Waals surface area contributed by atoms with Crippen molar-refractivity contribution in [2.24, 2.45) is 0 Å². The monoisotopic (exact) mass is 422 g/mol. The van der Waals surface area contributed by atoms with Gasteiger partial charge in [0.1, 0.15) is 23.3 Å². The van der Waals surface area contributed by atoms with Gasteiger partial charge >= 0.3 is 5.97 Å². The first kappa shape index (κ1) is 21.3. The first-order chi connectivity index (χ1) is 14.9. The molecule has 0 aliphatic heterocycles. The number of nitrogens with one attached hydrogen (secondary N) is 4. The van der Waals surface area contributed by atoms with Crippen LogP contribution in [0, 0.1) is 11.2 Å². The SMILES string of the molecule is C[C@H](Nc1nc(N/C=C(\C=N)C(=O)O)cc(Nc2cnccn2)n1)c1ccc(F)cc1. The maximum Gasteiger partial charge on any atom is 0.338 e. The van der Waals surface area contributed by atoms with Crippen LogP contribution in [0.15, 0.2) is 60.7 Å². The molecular weight excluding hydrogens is 403 g/mol. The minimum Gasteiger partial charge on any atom is -0.478 e. The van der Waals surface area contributed by atoms with Crippen LogP contribution in [0.3, 0.4) is 0 Å². The summed E-state index contributed by atoms with van der Waals surface area (Å²) in [6, 6.07) is 7.33. The lowest BCUT2D eigenvalue weighted by molar-refractivity contribution is -0.132. The van der Waals surface area contributed by atoms with Crippen molar-refractivity contribution in [2.75, 3.05) is 16.0 Å². The highest BCUT2D eigenvalue weighted by Gasteiger charge is 2.11. The Labute approximate surface area is 176 Å². The van der Waals surface area contributed by atoms with Gasteiger partial charge in [-0.1, -0.05) is 12.1 Å². The number of hydrogen-bond acceptors (Lipinski definition) is 9. The molecule has 10 nitrogen and oxygen atoms in total. The fourth-order valence-electron chi connectivity index (χ4n) is 2.49. The summed E-state index contributed by atoms with van der Waals surface area (Å²) >= 11 is 0. The van der Waals surface area contributed by atoms with Crippen molar-refractivity contribution in [1.29, 1.82) is 5.41 Å². The van der Waals surface area contributed by atoms with Gasteiger partial charge in [-0.3, -0.25) is 4.98 Å². The third kappa shape index (κ3) is 6.03. The predicted molar refractivity (Wildman–Crippen MR) is 114 cm³/mol. The molecule has 11 heteroatoms. The second kappa shape index (κ2) is 9.87. The number of carboxylic acids is 1. The lowest BCUT2D eigenvalue weighted by atomic mass is 10.1. The Morgan fingerprint density at radius 1 is 1.16 bits per heavy atom. The smallest absolute Gasteiger partial charge is 0.338 e. The van der Waals surface area contributed by atoms with Gasteiger partial charge in [-0.2, -0.15) is 9.97 Å². The molecule has 0 aliphatic carbocycles. The summed E-state index contributed by atoms with van der Waals surface area (Å²) in [6.07, 6.45) is 6.43. The molecule has 0 spiro atoms. The maximum atomic E-state index is 13.2. The van der Waals surface area contributed by atoms with Gasteiger partial charge < -0.3 is 26.5 Å². The van der Waals surface area contributed by atoms with Crippen LogP contribution in [0.25, 0.3) is 0 Å². The summed E-state index contributed by atoms with van der Waals surface area (Å²) in [7, 11) is 0. The zero-order chi connectivity index (χ0) is 22.2. The average Bonchev–Trinajstić information content (AvgIpc) is 2.75. The molecule has 0 bridgehead atoms. The van der Waals surface area contributed by atoms with Crippen LogP contribution < -0.4 is 16.0 Å². The van der Waals surface area contributed by atoms with E-state index in [1.807, 2.05) is 6.92 Å². The number of nitrogens with zero attached hydrogens (tertiary/aromatic N) is 4. The Bertz CT molecular complexity index is 1090. The summed E-state index contributed by atoms with van der Waals surface area (Å²) in [5, 5.41) is 25.1. The zero-order valence-electron chi connectivity index (χ0n) is 16.4. The lowest BCUT2D eigenvalue weighted by Crippen LogP contribution is -2.12. The molecule has 1 aromatic carbocycles. The molecule has 0 radical (unpaired) electrons. The Kier molecular flexibility index (Phi) is 6.78. The second-order valence-electron chi connectivity index (χ2n) is 6.29. The van der Waals surface area contributed by atoms with Crippen molar-refractivity contribution in [2.45, 2.75) is 13.0 Å². The highest BCUT2D eigenvalue weighted by molar-refractivity contribution is 6.07. The summed E-state index contributed by atoms with van der Waals surface area (Å²) in [6.45, 7) is 1.87. The summed E-state index contributed by atoms with van der Waals surface area (Å²) in [5.74, 6) is -0.263. The normalized spacial score (nSPS) is 12.0. The number of carboxylic acid groups (broad SMARTS) is 1. The Morgan fingerprint density at radius 3 is 2.55 bits per heavy atom. The van der Waals surface area contributed by atoms with Crippen molar-refractivity contribution in [3.63, 3.8) is 0 Å². The molecule has 0 aliphatic rings. The fourth-order valence-corrected chi connectivity index (χ4v) is 2.49. The summed E-state index contributed by atoms with van der Waals surface area (Å²) in [5.41, 5.74) is 0.569. The van der Waals surface area contributed by atoms with Crippen LogP contribution in [-0.2, 0) is 4.79 Å². The van der Waals surface area contributed by atoms with Crippen molar-refractivity contribution in [3.05, 3.63) is 72.1 Å². The molecule has 0 unspecified atom stereocenters. The molecule has 3 aromatic rings. The Balaban J connectivity index is 1.88. The molecule has 0 fully saturated rings. The van der Waals surface area contributed by atoms with E-state index in [-0.39, 0.29) is 29.2 Å². The molecule has 0 saturated carbocycles. The molecule has 2 aromatic heterocycles. The molecule has 3 rings (SSSR count). The van der Waals surface area contributed by atoms with Gasteiger partial charge in [0.2, 0.25) is 5.95 Å². The van der Waals surface area contributed by atoms with E-state index in [0.29, 0.717) is 17.9 Å². The summed E-state index contributed by atoms with van der Waals surface area (Å²) in [4.78, 5) is 27.9. The Morgan fingerprint density at radius 2 is 1.90 bits per heavy atom. The van der Waals surface area contributed by atoms with E-state index in [1.54, 1.807) is 18.2 Å². The van der Waals surface area contributed by atoms with Gasteiger partial charge in [0.15, 0.2) is 0 Å². The van der Waals surface area contributed by atoms with Gasteiger partial charge in [-0.05, 0) is 24.6 Å². The zero-order valence-corrected chi connectivity index (χ0v) is 16.4. The molecule has 0 amide bonds. The average molecular weight is 422 g/mol. The molecule has 1 atom stereocenters. The van der Waals surface area contributed by atoms with Crippen LogP contribution in [0.5, 0.6) is 0 Å². The number of halogens is 1. The van der Waals surface area contributed by atoms with Crippen LogP contribution >= 0.6 is 0 Å². The number of anilines is 4. The van der Waals surface area contributed by atoms with Crippen molar-refractivity contribution in [1.82, 2.24) is 19.9 Å². The lowest BCUT2D eigenvalue weighted by Gasteiger charge is -2.16. The number of aromatic nitrogens is 4. The number of aliphatic carboxylic acids is 1. The third-order valence-electron chi connectivity index (χ3n) is 4.04. The highest BCUT2D eigenvalue weighted by Crippen LogP contribution is 2.22. The van der Waals surface area contributed by atoms with Gasteiger partial charge in [-0.15, -0.1) is 0 Å². The van der Waals surface area contributed by atoms with Gasteiger partial charge in [0, 0.05) is 30.9 Å². The van der Waals surface area contributed by atoms with Crippen LogP contribution in [0.2, 0.25) is 0 Å². The maximum absolute atomic E-state index is 13.2. The third-order valence-corrected chi connectivity index (χ3v) is 4.04. The number of benzene rings is 1. The number of carbonyl (C=O) groups is 1. The quantitative estimate of drug-likeness (QED) is 0.258. The van der Waals surface area contributed by atoms with Gasteiger partial charge in [0.25, 0.3) is 0 Å². The van der Waals surface area contributed by atoms with E-state index >= 15 is 0 Å². The van der Waals surface area contributed by atoms with Crippen LogP contribution in [0.1, 0.15) is 18.5 Å². The molecular formula is C20H19FN8O2. The van der Waals surface area contributed by atoms with E-state index in [0.717, 1.165) is 11.8 Å². The first-order valence-electron chi connectivity index (χ1n) is 9.09. The van der Waals surface area contributed by atoms with Gasteiger partial charge in [0.05, 0.1) is 17.8 Å². The molecule has 2 heterocycles. The standard InChI is InChI=1S/C20H19FN8O2/c1-12(13-2-4-15(21)5-3-13)26-20-28-16(25-10-14(9-22)19(30)31)8-17(29-20)27-18-11-23-6-7-24-18/h2-12,22H,1H3,(H,30,31)(H3,24,25,26,27,28,29)/b14-10+,22-9?/t12-/m0/s1. The van der Waals surface area contributed by atoms with Crippen LogP contribution in [-0.4, -0.2) is 37.2 Å². The second-order valence-corrected chi connectivity index (χ2v) is 6.29. The van der Waals surface area contributed by atoms with Crippen molar-refractivity contribution >= 4 is 35.6 Å². The number of hydrogen-bond donors (Lipinski definition) is 5. The molecule has 158 valence electrons. The molecule has 0 saturated heterocycles. The van der Waals surface area contributed by atoms with E-state index in [4.69, 9.17) is 10.5 Å². The minimum atomic E-state index is -1.25. The van der Waals surface area contributed by atoms with E-state index < -0.39 is 5.97 Å². The van der Waals surface area contributed by atoms with E-state index in [9.17, 15) is 9.18 Å². The van der Waals surface area contributed by atoms with E-state index in [2.05, 4.69) is 35.9 Å². The minimum absolute atomic E-state index is 0.230. The molecule has 31 heavy (non-hydrogen) atoms. The van der Waals surface area contributed by atoms with Crippen LogP contribution in [0.4, 0.5) is 27.8 Å². The van der Waals surface area contributed by atoms with E-state index in [1.165, 1.54) is 30.7 Å². The van der Waals surface area contributed by atoms with Gasteiger partial charge in [-0.25, -0.2) is 14.2 Å². The van der Waals surface area contributed by atoms with Crippen molar-refractivity contribution < 1.29 is 14.3 Å².